The fourth-order valence-corrected chi connectivity index (χ4v) is 3.56. The van der Waals surface area contributed by atoms with Crippen LogP contribution in [0.15, 0.2) is 59.7 Å². The van der Waals surface area contributed by atoms with E-state index in [9.17, 15) is 14.0 Å². The number of halogens is 1. The Kier molecular flexibility index (Phi) is 9.34. The molecule has 2 aromatic rings. The maximum atomic E-state index is 13.3. The van der Waals surface area contributed by atoms with Crippen LogP contribution in [0.1, 0.15) is 35.2 Å². The van der Waals surface area contributed by atoms with E-state index < -0.39 is 0 Å². The molecule has 1 unspecified atom stereocenters. The number of rotatable bonds is 10. The summed E-state index contributed by atoms with van der Waals surface area (Å²) in [6.45, 7) is 3.07. The summed E-state index contributed by atoms with van der Waals surface area (Å²) >= 11 is 0. The van der Waals surface area contributed by atoms with Gasteiger partial charge in [0.2, 0.25) is 0 Å². The summed E-state index contributed by atoms with van der Waals surface area (Å²) in [6, 6.07) is 14.7. The lowest BCUT2D eigenvalue weighted by Gasteiger charge is -2.33. The van der Waals surface area contributed by atoms with E-state index in [0.29, 0.717) is 50.4 Å². The lowest BCUT2D eigenvalue weighted by Crippen LogP contribution is -2.50. The van der Waals surface area contributed by atoms with Gasteiger partial charge in [0, 0.05) is 25.2 Å². The highest BCUT2D eigenvalue weighted by atomic mass is 19.1. The molecular weight excluding hydrogens is 411 g/mol. The van der Waals surface area contributed by atoms with Gasteiger partial charge in [0.1, 0.15) is 5.82 Å². The monoisotopic (exact) mass is 440 g/mol. The van der Waals surface area contributed by atoms with Gasteiger partial charge in [-0.25, -0.2) is 9.82 Å². The average Bonchev–Trinajstić information content (AvgIpc) is 2.82. The molecule has 170 valence electrons. The molecule has 0 aliphatic carbocycles. The highest BCUT2D eigenvalue weighted by Crippen LogP contribution is 2.12. The van der Waals surface area contributed by atoms with E-state index in [2.05, 4.69) is 20.7 Å². The first-order valence-corrected chi connectivity index (χ1v) is 10.9. The molecule has 1 saturated heterocycles. The topological polar surface area (TPSA) is 83.0 Å². The van der Waals surface area contributed by atoms with E-state index >= 15 is 0 Å². The first-order valence-electron chi connectivity index (χ1n) is 10.9. The third kappa shape index (κ3) is 7.55. The zero-order valence-electron chi connectivity index (χ0n) is 18.0. The van der Waals surface area contributed by atoms with E-state index in [1.807, 2.05) is 18.2 Å². The number of benzene rings is 2. The summed E-state index contributed by atoms with van der Waals surface area (Å²) in [5, 5.41) is 6.90. The van der Waals surface area contributed by atoms with Crippen LogP contribution in [-0.4, -0.2) is 61.8 Å². The van der Waals surface area contributed by atoms with Gasteiger partial charge in [-0.15, -0.1) is 0 Å². The number of hydrogen-bond donors (Lipinski definition) is 2. The van der Waals surface area contributed by atoms with Gasteiger partial charge in [-0.05, 0) is 49.1 Å². The molecule has 7 nitrogen and oxygen atoms in total. The summed E-state index contributed by atoms with van der Waals surface area (Å²) in [7, 11) is 0. The van der Waals surface area contributed by atoms with E-state index in [0.717, 1.165) is 12.8 Å². The van der Waals surface area contributed by atoms with Crippen molar-refractivity contribution in [2.24, 2.45) is 5.10 Å². The van der Waals surface area contributed by atoms with Crippen molar-refractivity contribution in [1.29, 1.82) is 0 Å². The minimum absolute atomic E-state index is 0.0974. The van der Waals surface area contributed by atoms with Crippen molar-refractivity contribution in [3.8, 4) is 0 Å². The average molecular weight is 441 g/mol. The largest absolute Gasteiger partial charge is 0.379 e. The number of unbranched alkanes of at least 4 members (excludes halogenated alkanes) is 1. The number of hydrogen-bond acceptors (Lipinski definition) is 5. The lowest BCUT2D eigenvalue weighted by molar-refractivity contribution is -0.128. The Labute approximate surface area is 187 Å². The third-order valence-corrected chi connectivity index (χ3v) is 5.25. The summed E-state index contributed by atoms with van der Waals surface area (Å²) in [4.78, 5) is 27.0. The molecule has 0 spiro atoms. The van der Waals surface area contributed by atoms with Gasteiger partial charge in [-0.1, -0.05) is 30.3 Å². The van der Waals surface area contributed by atoms with Gasteiger partial charge in [0.25, 0.3) is 11.8 Å². The molecule has 2 aromatic carbocycles. The van der Waals surface area contributed by atoms with Crippen LogP contribution in [0.2, 0.25) is 0 Å². The molecule has 0 radical (unpaired) electrons. The second-order valence-electron chi connectivity index (χ2n) is 7.57. The van der Waals surface area contributed by atoms with Gasteiger partial charge < -0.3 is 10.1 Å². The molecule has 8 heteroatoms. The number of ether oxygens (including phenoxy) is 1. The smallest absolute Gasteiger partial charge is 0.257 e. The highest BCUT2D eigenvalue weighted by Gasteiger charge is 2.26. The number of morpholine rings is 1. The Balaban J connectivity index is 1.47. The predicted molar refractivity (Wildman–Crippen MR) is 121 cm³/mol. The van der Waals surface area contributed by atoms with Crippen LogP contribution in [0.3, 0.4) is 0 Å². The Bertz CT molecular complexity index is 901. The van der Waals surface area contributed by atoms with Crippen molar-refractivity contribution in [2.75, 3.05) is 32.8 Å². The van der Waals surface area contributed by atoms with Gasteiger partial charge in [0.05, 0.1) is 25.5 Å². The van der Waals surface area contributed by atoms with Crippen LogP contribution in [0, 0.1) is 5.82 Å². The first-order chi connectivity index (χ1) is 15.6. The Morgan fingerprint density at radius 3 is 2.62 bits per heavy atom. The predicted octanol–water partition coefficient (Wildman–Crippen LogP) is 2.58. The zero-order valence-corrected chi connectivity index (χ0v) is 18.0. The van der Waals surface area contributed by atoms with Gasteiger partial charge in [-0.3, -0.25) is 14.5 Å². The minimum atomic E-state index is -0.356. The number of hydrazone groups is 1. The minimum Gasteiger partial charge on any atom is -0.379 e. The summed E-state index contributed by atoms with van der Waals surface area (Å²) in [5.41, 5.74) is 3.79. The molecule has 1 heterocycles. The molecule has 0 saturated carbocycles. The van der Waals surface area contributed by atoms with Crippen LogP contribution in [0.4, 0.5) is 4.39 Å². The third-order valence-electron chi connectivity index (χ3n) is 5.25. The molecule has 0 aromatic heterocycles. The quantitative estimate of drug-likeness (QED) is 0.338. The van der Waals surface area contributed by atoms with Crippen molar-refractivity contribution < 1.29 is 18.7 Å². The SMILES string of the molecule is O=C(NCCCCC(C(=O)N/N=C/c1cccc(F)c1)N1CCOCC1)c1ccccc1. The molecule has 1 atom stereocenters. The number of carbonyl (C=O) groups excluding carboxylic acids is 2. The van der Waals surface area contributed by atoms with E-state index in [4.69, 9.17) is 4.74 Å². The molecule has 2 amide bonds. The van der Waals surface area contributed by atoms with Crippen molar-refractivity contribution in [3.63, 3.8) is 0 Å². The van der Waals surface area contributed by atoms with Gasteiger partial charge >= 0.3 is 0 Å². The van der Waals surface area contributed by atoms with Crippen molar-refractivity contribution >= 4 is 18.0 Å². The number of amides is 2. The van der Waals surface area contributed by atoms with E-state index in [-0.39, 0.29) is 23.7 Å². The molecule has 2 N–H and O–H groups in total. The van der Waals surface area contributed by atoms with Crippen LogP contribution in [0.25, 0.3) is 0 Å². The van der Waals surface area contributed by atoms with E-state index in [1.54, 1.807) is 24.3 Å². The normalized spacial score (nSPS) is 15.4. The van der Waals surface area contributed by atoms with Crippen LogP contribution in [-0.2, 0) is 9.53 Å². The summed E-state index contributed by atoms with van der Waals surface area (Å²) in [6.07, 6.45) is 3.61. The van der Waals surface area contributed by atoms with Crippen LogP contribution < -0.4 is 10.7 Å². The molecule has 32 heavy (non-hydrogen) atoms. The van der Waals surface area contributed by atoms with Crippen molar-refractivity contribution in [1.82, 2.24) is 15.6 Å². The Hall–Kier alpha value is -3.10. The Morgan fingerprint density at radius 1 is 1.09 bits per heavy atom. The fourth-order valence-electron chi connectivity index (χ4n) is 3.56. The zero-order chi connectivity index (χ0) is 22.6. The maximum Gasteiger partial charge on any atom is 0.257 e. The van der Waals surface area contributed by atoms with Crippen LogP contribution >= 0.6 is 0 Å². The van der Waals surface area contributed by atoms with E-state index in [1.165, 1.54) is 18.3 Å². The molecule has 1 fully saturated rings. The molecule has 1 aliphatic rings. The number of nitrogens with one attached hydrogen (secondary N) is 2. The second kappa shape index (κ2) is 12.7. The standard InChI is InChI=1S/C24H29FN4O3/c25-21-10-6-7-19(17-21)18-27-28-24(31)22(29-13-15-32-16-14-29)11-4-5-12-26-23(30)20-8-2-1-3-9-20/h1-3,6-10,17-18,22H,4-5,11-16H2,(H,26,30)(H,28,31)/b27-18+. The van der Waals surface area contributed by atoms with Crippen molar-refractivity contribution in [2.45, 2.75) is 25.3 Å². The number of carbonyl (C=O) groups is 2. The first kappa shape index (κ1) is 23.6. The van der Waals surface area contributed by atoms with Gasteiger partial charge in [0.15, 0.2) is 0 Å². The number of nitrogens with zero attached hydrogens (tertiary/aromatic N) is 2. The Morgan fingerprint density at radius 2 is 1.88 bits per heavy atom. The summed E-state index contributed by atoms with van der Waals surface area (Å²) < 4.78 is 18.7. The molecule has 3 rings (SSSR count). The highest BCUT2D eigenvalue weighted by molar-refractivity contribution is 5.94. The lowest BCUT2D eigenvalue weighted by atomic mass is 10.1. The fraction of sp³-hybridized carbons (Fsp3) is 0.375. The van der Waals surface area contributed by atoms with Gasteiger partial charge in [-0.2, -0.15) is 5.10 Å². The van der Waals surface area contributed by atoms with Crippen molar-refractivity contribution in [3.05, 3.63) is 71.5 Å². The molecule has 1 aliphatic heterocycles. The molecular formula is C24H29FN4O3. The maximum absolute atomic E-state index is 13.3. The second-order valence-corrected chi connectivity index (χ2v) is 7.57. The summed E-state index contributed by atoms with van der Waals surface area (Å²) in [5.74, 6) is -0.654. The molecule has 0 bridgehead atoms. The van der Waals surface area contributed by atoms with Crippen LogP contribution in [0.5, 0.6) is 0 Å².